The predicted molar refractivity (Wildman–Crippen MR) is 73.7 cm³/mol. The lowest BCUT2D eigenvalue weighted by molar-refractivity contribution is -0.146. The second kappa shape index (κ2) is 7.48. The molecule has 0 aliphatic carbocycles. The largest absolute Gasteiger partial charge is 0.469 e. The van der Waals surface area contributed by atoms with E-state index in [0.29, 0.717) is 13.1 Å². The first-order chi connectivity index (χ1) is 8.93. The number of nitrogens with zero attached hydrogens (tertiary/aromatic N) is 2. The lowest BCUT2D eigenvalue weighted by Crippen LogP contribution is -2.44. The summed E-state index contributed by atoms with van der Waals surface area (Å²) in [4.78, 5) is 27.3. The molecule has 0 aromatic carbocycles. The van der Waals surface area contributed by atoms with Gasteiger partial charge in [-0.25, -0.2) is 0 Å². The molecule has 1 atom stereocenters. The normalized spacial score (nSPS) is 18.5. The number of likely N-dealkylation sites (tertiary alicyclic amines) is 1. The van der Waals surface area contributed by atoms with Crippen molar-refractivity contribution in [2.75, 3.05) is 40.3 Å². The van der Waals surface area contributed by atoms with Crippen molar-refractivity contribution in [1.82, 2.24) is 9.80 Å². The van der Waals surface area contributed by atoms with Crippen LogP contribution in [0, 0.1) is 11.8 Å². The highest BCUT2D eigenvalue weighted by Crippen LogP contribution is 2.16. The lowest BCUT2D eigenvalue weighted by atomic mass is 9.99. The van der Waals surface area contributed by atoms with E-state index >= 15 is 0 Å². The van der Waals surface area contributed by atoms with Crippen LogP contribution in [0.2, 0.25) is 0 Å². The molecule has 19 heavy (non-hydrogen) atoms. The summed E-state index contributed by atoms with van der Waals surface area (Å²) in [6.07, 6.45) is 2.18. The highest BCUT2D eigenvalue weighted by molar-refractivity contribution is 5.78. The van der Waals surface area contributed by atoms with E-state index in [-0.39, 0.29) is 17.8 Å². The molecule has 1 aliphatic rings. The molecule has 0 radical (unpaired) electrons. The van der Waals surface area contributed by atoms with Crippen molar-refractivity contribution in [2.45, 2.75) is 26.7 Å². The summed E-state index contributed by atoms with van der Waals surface area (Å²) in [5, 5.41) is 0. The minimum atomic E-state index is -0.230. The van der Waals surface area contributed by atoms with Crippen molar-refractivity contribution in [3.05, 3.63) is 0 Å². The van der Waals surface area contributed by atoms with Crippen LogP contribution in [0.15, 0.2) is 0 Å². The molecule has 1 unspecified atom stereocenters. The highest BCUT2D eigenvalue weighted by Gasteiger charge is 2.22. The molecule has 110 valence electrons. The van der Waals surface area contributed by atoms with Crippen LogP contribution in [0.3, 0.4) is 0 Å². The quantitative estimate of drug-likeness (QED) is 0.699. The molecule has 0 N–H and O–H groups in total. The zero-order valence-electron chi connectivity index (χ0n) is 12.5. The van der Waals surface area contributed by atoms with Crippen molar-refractivity contribution in [2.24, 2.45) is 11.8 Å². The number of carbonyl (C=O) groups is 2. The molecule has 0 bridgehead atoms. The number of hydrogen-bond donors (Lipinski definition) is 0. The number of piperidine rings is 1. The van der Waals surface area contributed by atoms with E-state index in [1.165, 1.54) is 7.11 Å². The predicted octanol–water partition coefficient (Wildman–Crippen LogP) is 0.986. The van der Waals surface area contributed by atoms with Crippen LogP contribution in [-0.2, 0) is 14.3 Å². The first-order valence-corrected chi connectivity index (χ1v) is 6.98. The van der Waals surface area contributed by atoms with Crippen molar-refractivity contribution in [3.63, 3.8) is 0 Å². The molecule has 0 saturated carbocycles. The van der Waals surface area contributed by atoms with Gasteiger partial charge >= 0.3 is 5.97 Å². The Labute approximate surface area is 115 Å². The molecule has 5 nitrogen and oxygen atoms in total. The maximum Gasteiger partial charge on any atom is 0.309 e. The molecule has 5 heteroatoms. The first kappa shape index (κ1) is 16.0. The third-order valence-electron chi connectivity index (χ3n) is 3.73. The molecular weight excluding hydrogens is 244 g/mol. The van der Waals surface area contributed by atoms with Crippen molar-refractivity contribution in [1.29, 1.82) is 0 Å². The van der Waals surface area contributed by atoms with Gasteiger partial charge in [0.1, 0.15) is 0 Å². The molecule has 1 aliphatic heterocycles. The van der Waals surface area contributed by atoms with Gasteiger partial charge in [0.2, 0.25) is 5.91 Å². The van der Waals surface area contributed by atoms with Crippen molar-refractivity contribution < 1.29 is 14.3 Å². The molecule has 1 fully saturated rings. The van der Waals surface area contributed by atoms with Gasteiger partial charge in [0.25, 0.3) is 0 Å². The number of amides is 1. The Hall–Kier alpha value is -1.10. The fourth-order valence-corrected chi connectivity index (χ4v) is 2.40. The summed E-state index contributed by atoms with van der Waals surface area (Å²) < 4.78 is 4.69. The van der Waals surface area contributed by atoms with Crippen LogP contribution in [0.25, 0.3) is 0 Å². The highest BCUT2D eigenvalue weighted by atomic mass is 16.5. The molecular formula is C14H26N2O3. The molecule has 0 spiro atoms. The van der Waals surface area contributed by atoms with E-state index < -0.39 is 0 Å². The molecule has 1 amide bonds. The van der Waals surface area contributed by atoms with Gasteiger partial charge in [-0.3, -0.25) is 14.5 Å². The Morgan fingerprint density at radius 1 is 1.37 bits per heavy atom. The summed E-state index contributed by atoms with van der Waals surface area (Å²) in [6, 6.07) is 0. The SMILES string of the molecule is COC(=O)C(C)CN(C)CC(=O)N1CCC(C)CC1. The number of methoxy groups -OCH3 is 1. The van der Waals surface area contributed by atoms with Crippen LogP contribution in [0.5, 0.6) is 0 Å². The number of ether oxygens (including phenoxy) is 1. The van der Waals surface area contributed by atoms with E-state index in [1.807, 2.05) is 23.8 Å². The minimum absolute atomic E-state index is 0.159. The summed E-state index contributed by atoms with van der Waals surface area (Å²) in [7, 11) is 3.25. The molecule has 1 heterocycles. The number of esters is 1. The summed E-state index contributed by atoms with van der Waals surface area (Å²) in [6.45, 7) is 6.68. The average molecular weight is 270 g/mol. The summed E-state index contributed by atoms with van der Waals surface area (Å²) >= 11 is 0. The number of hydrogen-bond acceptors (Lipinski definition) is 4. The lowest BCUT2D eigenvalue weighted by Gasteiger charge is -2.31. The van der Waals surface area contributed by atoms with Gasteiger partial charge in [-0.1, -0.05) is 13.8 Å². The number of likely N-dealkylation sites (N-methyl/N-ethyl adjacent to an activating group) is 1. The Morgan fingerprint density at radius 2 is 1.95 bits per heavy atom. The zero-order valence-corrected chi connectivity index (χ0v) is 12.5. The van der Waals surface area contributed by atoms with Crippen LogP contribution < -0.4 is 0 Å². The van der Waals surface area contributed by atoms with E-state index in [1.54, 1.807) is 0 Å². The topological polar surface area (TPSA) is 49.9 Å². The van der Waals surface area contributed by atoms with Gasteiger partial charge in [-0.2, -0.15) is 0 Å². The smallest absolute Gasteiger partial charge is 0.309 e. The summed E-state index contributed by atoms with van der Waals surface area (Å²) in [5.74, 6) is 0.447. The van der Waals surface area contributed by atoms with E-state index in [2.05, 4.69) is 11.7 Å². The van der Waals surface area contributed by atoms with Gasteiger partial charge in [0.15, 0.2) is 0 Å². The minimum Gasteiger partial charge on any atom is -0.469 e. The fraction of sp³-hybridized carbons (Fsp3) is 0.857. The molecule has 1 rings (SSSR count). The van der Waals surface area contributed by atoms with Gasteiger partial charge < -0.3 is 9.64 Å². The number of carbonyl (C=O) groups excluding carboxylic acids is 2. The maximum atomic E-state index is 12.1. The van der Waals surface area contributed by atoms with Crippen LogP contribution >= 0.6 is 0 Å². The third kappa shape index (κ3) is 5.19. The van der Waals surface area contributed by atoms with Crippen molar-refractivity contribution in [3.8, 4) is 0 Å². The van der Waals surface area contributed by atoms with Crippen molar-refractivity contribution >= 4 is 11.9 Å². The monoisotopic (exact) mass is 270 g/mol. The van der Waals surface area contributed by atoms with Gasteiger partial charge in [0.05, 0.1) is 19.6 Å². The third-order valence-corrected chi connectivity index (χ3v) is 3.73. The number of rotatable bonds is 5. The van der Waals surface area contributed by atoms with Gasteiger partial charge in [0, 0.05) is 19.6 Å². The Morgan fingerprint density at radius 3 is 2.47 bits per heavy atom. The Bertz CT molecular complexity index is 312. The standard InChI is InChI=1S/C14H26N2O3/c1-11-5-7-16(8-6-11)13(17)10-15(3)9-12(2)14(18)19-4/h11-12H,5-10H2,1-4H3. The zero-order chi connectivity index (χ0) is 14.4. The van der Waals surface area contributed by atoms with Crippen LogP contribution in [0.4, 0.5) is 0 Å². The van der Waals surface area contributed by atoms with Crippen LogP contribution in [-0.4, -0.2) is 62.0 Å². The second-order valence-corrected chi connectivity index (χ2v) is 5.68. The van der Waals surface area contributed by atoms with Gasteiger partial charge in [-0.15, -0.1) is 0 Å². The Kier molecular flexibility index (Phi) is 6.28. The van der Waals surface area contributed by atoms with Crippen LogP contribution in [0.1, 0.15) is 26.7 Å². The maximum absolute atomic E-state index is 12.1. The first-order valence-electron chi connectivity index (χ1n) is 6.98. The average Bonchev–Trinajstić information content (AvgIpc) is 2.38. The van der Waals surface area contributed by atoms with E-state index in [9.17, 15) is 9.59 Å². The molecule has 1 saturated heterocycles. The van der Waals surface area contributed by atoms with Gasteiger partial charge in [-0.05, 0) is 25.8 Å². The van der Waals surface area contributed by atoms with E-state index in [0.717, 1.165) is 31.8 Å². The fourth-order valence-electron chi connectivity index (χ4n) is 2.40. The second-order valence-electron chi connectivity index (χ2n) is 5.68. The molecule has 0 aromatic heterocycles. The summed E-state index contributed by atoms with van der Waals surface area (Å²) in [5.41, 5.74) is 0. The molecule has 0 aromatic rings. The Balaban J connectivity index is 2.33. The van der Waals surface area contributed by atoms with E-state index in [4.69, 9.17) is 0 Å².